The Balaban J connectivity index is 1.83. The van der Waals surface area contributed by atoms with Gasteiger partial charge in [-0.2, -0.15) is 0 Å². The largest absolute Gasteiger partial charge is 0.493 e. The van der Waals surface area contributed by atoms with Gasteiger partial charge in [-0.1, -0.05) is 12.1 Å². The lowest BCUT2D eigenvalue weighted by Crippen LogP contribution is -2.29. The minimum atomic E-state index is -0.528. The van der Waals surface area contributed by atoms with Crippen molar-refractivity contribution in [3.05, 3.63) is 65.0 Å². The summed E-state index contributed by atoms with van der Waals surface area (Å²) in [6.45, 7) is 1.87. The average molecular weight is 420 g/mol. The Morgan fingerprint density at radius 3 is 2.10 bits per heavy atom. The molecule has 0 atom stereocenters. The van der Waals surface area contributed by atoms with Crippen LogP contribution in [0.2, 0.25) is 0 Å². The number of imide groups is 1. The topological polar surface area (TPSA) is 95.0 Å². The van der Waals surface area contributed by atoms with E-state index in [0.717, 1.165) is 4.90 Å². The van der Waals surface area contributed by atoms with Crippen LogP contribution in [0.25, 0.3) is 10.8 Å². The molecular formula is C23H20N2O6. The quantitative estimate of drug-likeness (QED) is 0.446. The number of aromatic nitrogens is 1. The molecule has 158 valence electrons. The number of ether oxygens (including phenoxy) is 3. The molecule has 1 aliphatic rings. The number of rotatable bonds is 6. The van der Waals surface area contributed by atoms with Gasteiger partial charge >= 0.3 is 5.97 Å². The Kier molecular flexibility index (Phi) is 5.29. The first-order chi connectivity index (χ1) is 15.0. The maximum atomic E-state index is 12.8. The van der Waals surface area contributed by atoms with Gasteiger partial charge in [-0.05, 0) is 31.2 Å². The van der Waals surface area contributed by atoms with Crippen molar-refractivity contribution >= 4 is 28.6 Å². The van der Waals surface area contributed by atoms with Crippen LogP contribution in [-0.2, 0) is 11.3 Å². The van der Waals surface area contributed by atoms with Crippen molar-refractivity contribution in [2.75, 3.05) is 20.8 Å². The van der Waals surface area contributed by atoms with Crippen LogP contribution >= 0.6 is 0 Å². The van der Waals surface area contributed by atoms with Crippen LogP contribution < -0.4 is 9.47 Å². The third-order valence-electron chi connectivity index (χ3n) is 5.16. The summed E-state index contributed by atoms with van der Waals surface area (Å²) in [5.41, 5.74) is 1.42. The predicted molar refractivity (Wildman–Crippen MR) is 111 cm³/mol. The molecule has 0 saturated heterocycles. The lowest BCUT2D eigenvalue weighted by atomic mass is 10.0. The van der Waals surface area contributed by atoms with E-state index in [-0.39, 0.29) is 30.5 Å². The van der Waals surface area contributed by atoms with Crippen molar-refractivity contribution in [1.29, 1.82) is 0 Å². The molecule has 0 N–H and O–H groups in total. The number of methoxy groups -OCH3 is 2. The molecule has 0 radical (unpaired) electrons. The first-order valence-corrected chi connectivity index (χ1v) is 9.66. The number of amides is 2. The first-order valence-electron chi connectivity index (χ1n) is 9.66. The standard InChI is InChI=1S/C23H20N2O6/c1-4-31-23(28)17-11-24-18(16-10-20(30-3)19(29-2)9-15(16)17)12-25-21(26)13-7-5-6-8-14(13)22(25)27/h5-11H,4,12H2,1-3H3. The summed E-state index contributed by atoms with van der Waals surface area (Å²) in [5, 5.41) is 1.08. The molecule has 4 rings (SSSR count). The smallest absolute Gasteiger partial charge is 0.340 e. The summed E-state index contributed by atoms with van der Waals surface area (Å²) in [7, 11) is 2.99. The van der Waals surface area contributed by atoms with Crippen LogP contribution in [0.3, 0.4) is 0 Å². The van der Waals surface area contributed by atoms with Crippen molar-refractivity contribution < 1.29 is 28.6 Å². The lowest BCUT2D eigenvalue weighted by molar-refractivity contribution is 0.0526. The van der Waals surface area contributed by atoms with E-state index in [0.29, 0.717) is 39.1 Å². The Morgan fingerprint density at radius 1 is 0.968 bits per heavy atom. The summed E-state index contributed by atoms with van der Waals surface area (Å²) >= 11 is 0. The maximum Gasteiger partial charge on any atom is 0.340 e. The molecule has 0 spiro atoms. The van der Waals surface area contributed by atoms with Gasteiger partial charge in [-0.15, -0.1) is 0 Å². The summed E-state index contributed by atoms with van der Waals surface area (Å²) in [4.78, 5) is 43.6. The monoisotopic (exact) mass is 420 g/mol. The van der Waals surface area contributed by atoms with Crippen LogP contribution in [0.15, 0.2) is 42.6 Å². The van der Waals surface area contributed by atoms with Crippen LogP contribution in [-0.4, -0.2) is 48.5 Å². The molecule has 0 saturated carbocycles. The van der Waals surface area contributed by atoms with Crippen LogP contribution in [0.5, 0.6) is 11.5 Å². The van der Waals surface area contributed by atoms with E-state index in [1.165, 1.54) is 20.4 Å². The van der Waals surface area contributed by atoms with Gasteiger partial charge in [0.15, 0.2) is 11.5 Å². The second kappa shape index (κ2) is 8.06. The summed E-state index contributed by atoms with van der Waals surface area (Å²) in [5.74, 6) is -0.435. The molecule has 2 heterocycles. The van der Waals surface area contributed by atoms with Gasteiger partial charge < -0.3 is 14.2 Å². The highest BCUT2D eigenvalue weighted by Crippen LogP contribution is 2.36. The number of hydrogen-bond donors (Lipinski definition) is 0. The van der Waals surface area contributed by atoms with Gasteiger partial charge in [-0.25, -0.2) is 4.79 Å². The van der Waals surface area contributed by atoms with Crippen LogP contribution in [0.1, 0.15) is 43.7 Å². The molecule has 8 nitrogen and oxygen atoms in total. The second-order valence-electron chi connectivity index (χ2n) is 6.83. The first kappa shape index (κ1) is 20.3. The molecule has 1 aliphatic heterocycles. The number of hydrogen-bond acceptors (Lipinski definition) is 7. The van der Waals surface area contributed by atoms with Gasteiger partial charge in [-0.3, -0.25) is 19.5 Å². The van der Waals surface area contributed by atoms with E-state index in [1.54, 1.807) is 43.3 Å². The maximum absolute atomic E-state index is 12.8. The van der Waals surface area contributed by atoms with Crippen molar-refractivity contribution in [1.82, 2.24) is 9.88 Å². The number of nitrogens with zero attached hydrogens (tertiary/aromatic N) is 2. The Hall–Kier alpha value is -3.94. The van der Waals surface area contributed by atoms with Crippen molar-refractivity contribution in [3.63, 3.8) is 0 Å². The summed E-state index contributed by atoms with van der Waals surface area (Å²) in [6.07, 6.45) is 1.39. The fraction of sp³-hybridized carbons (Fsp3) is 0.217. The molecule has 0 fully saturated rings. The van der Waals surface area contributed by atoms with E-state index >= 15 is 0 Å². The molecule has 0 unspecified atom stereocenters. The number of benzene rings is 2. The van der Waals surface area contributed by atoms with Crippen LogP contribution in [0.4, 0.5) is 0 Å². The van der Waals surface area contributed by atoms with E-state index in [1.807, 2.05) is 0 Å². The third-order valence-corrected chi connectivity index (χ3v) is 5.16. The Morgan fingerprint density at radius 2 is 1.55 bits per heavy atom. The number of fused-ring (bicyclic) bond motifs is 2. The number of pyridine rings is 1. The Bertz CT molecular complexity index is 1190. The minimum Gasteiger partial charge on any atom is -0.493 e. The van der Waals surface area contributed by atoms with E-state index < -0.39 is 5.97 Å². The fourth-order valence-corrected chi connectivity index (χ4v) is 3.65. The normalized spacial score (nSPS) is 12.8. The average Bonchev–Trinajstić information content (AvgIpc) is 3.03. The SMILES string of the molecule is CCOC(=O)c1cnc(CN2C(=O)c3ccccc3C2=O)c2cc(OC)c(OC)cc12. The van der Waals surface area contributed by atoms with Crippen molar-refractivity contribution in [2.24, 2.45) is 0 Å². The molecule has 0 bridgehead atoms. The highest BCUT2D eigenvalue weighted by atomic mass is 16.5. The highest BCUT2D eigenvalue weighted by molar-refractivity contribution is 6.21. The fourth-order valence-electron chi connectivity index (χ4n) is 3.65. The molecule has 0 aliphatic carbocycles. The van der Waals surface area contributed by atoms with Gasteiger partial charge in [0.25, 0.3) is 11.8 Å². The number of carbonyl (C=O) groups is 3. The summed E-state index contributed by atoms with van der Waals surface area (Å²) in [6, 6.07) is 10.0. The highest BCUT2D eigenvalue weighted by Gasteiger charge is 2.35. The third kappa shape index (κ3) is 3.35. The molecular weight excluding hydrogens is 400 g/mol. The molecule has 8 heteroatoms. The lowest BCUT2D eigenvalue weighted by Gasteiger charge is -2.17. The summed E-state index contributed by atoms with van der Waals surface area (Å²) < 4.78 is 15.9. The molecule has 1 aromatic heterocycles. The van der Waals surface area contributed by atoms with Gasteiger partial charge in [0.05, 0.1) is 49.8 Å². The zero-order chi connectivity index (χ0) is 22.1. The zero-order valence-electron chi connectivity index (χ0n) is 17.3. The molecule has 31 heavy (non-hydrogen) atoms. The minimum absolute atomic E-state index is 0.0541. The number of esters is 1. The van der Waals surface area contributed by atoms with E-state index in [4.69, 9.17) is 14.2 Å². The molecule has 3 aromatic rings. The van der Waals surface area contributed by atoms with Crippen LogP contribution in [0, 0.1) is 0 Å². The predicted octanol–water partition coefficient (Wildman–Crippen LogP) is 3.22. The molecule has 2 aromatic carbocycles. The number of carbonyl (C=O) groups excluding carboxylic acids is 3. The Labute approximate surface area is 178 Å². The molecule has 2 amide bonds. The van der Waals surface area contributed by atoms with Gasteiger partial charge in [0.1, 0.15) is 0 Å². The zero-order valence-corrected chi connectivity index (χ0v) is 17.3. The van der Waals surface area contributed by atoms with Gasteiger partial charge in [0.2, 0.25) is 0 Å². The second-order valence-corrected chi connectivity index (χ2v) is 6.83. The van der Waals surface area contributed by atoms with E-state index in [2.05, 4.69) is 4.98 Å². The van der Waals surface area contributed by atoms with Gasteiger partial charge in [0, 0.05) is 17.0 Å². The van der Waals surface area contributed by atoms with Crippen molar-refractivity contribution in [2.45, 2.75) is 13.5 Å². The van der Waals surface area contributed by atoms with Crippen molar-refractivity contribution in [3.8, 4) is 11.5 Å². The van der Waals surface area contributed by atoms with E-state index in [9.17, 15) is 14.4 Å².